The lowest BCUT2D eigenvalue weighted by Gasteiger charge is -2.37. The summed E-state index contributed by atoms with van der Waals surface area (Å²) >= 11 is 6.63. The van der Waals surface area contributed by atoms with Crippen molar-refractivity contribution < 1.29 is 24.2 Å². The van der Waals surface area contributed by atoms with Gasteiger partial charge >= 0.3 is 0 Å². The van der Waals surface area contributed by atoms with E-state index in [9.17, 15) is 19.5 Å². The van der Waals surface area contributed by atoms with Crippen LogP contribution in [0.3, 0.4) is 0 Å². The highest BCUT2D eigenvalue weighted by atomic mass is 35.5. The van der Waals surface area contributed by atoms with Gasteiger partial charge in [0.1, 0.15) is 11.6 Å². The van der Waals surface area contributed by atoms with E-state index in [0.717, 1.165) is 11.1 Å². The van der Waals surface area contributed by atoms with Gasteiger partial charge in [-0.3, -0.25) is 14.4 Å². The molecular weight excluding hydrogens is 566 g/mol. The van der Waals surface area contributed by atoms with Crippen LogP contribution >= 0.6 is 11.6 Å². The highest BCUT2D eigenvalue weighted by Crippen LogP contribution is 2.63. The summed E-state index contributed by atoms with van der Waals surface area (Å²) in [6, 6.07) is 14.1. The van der Waals surface area contributed by atoms with Gasteiger partial charge in [-0.1, -0.05) is 66.2 Å². The van der Waals surface area contributed by atoms with Crippen LogP contribution < -0.4 is 4.90 Å². The van der Waals surface area contributed by atoms with Crippen LogP contribution in [0.15, 0.2) is 73.8 Å². The second kappa shape index (κ2) is 12.3. The standard InChI is InChI=1S/C34H40ClN3O5/c1-5-18-36(22-24-13-8-7-9-14-24)30(40)26-27-31(41)38(20-11-21-39)29(34(27)17-16-33(26,4)43-34)32(42)37(19-6-2)28-23(3)12-10-15-25(28)35/h5-10,12-15,26-27,29,39H,1-2,11,16-22H2,3-4H3/t26-,27-,29?,33+,34?/m0/s1. The van der Waals surface area contributed by atoms with Gasteiger partial charge in [-0.25, -0.2) is 0 Å². The Morgan fingerprint density at radius 3 is 2.47 bits per heavy atom. The van der Waals surface area contributed by atoms with Crippen molar-refractivity contribution in [1.82, 2.24) is 9.80 Å². The van der Waals surface area contributed by atoms with E-state index in [0.29, 0.717) is 36.6 Å². The van der Waals surface area contributed by atoms with Crippen LogP contribution in [0.4, 0.5) is 5.69 Å². The molecule has 2 aromatic carbocycles. The number of carbonyl (C=O) groups excluding carboxylic acids is 3. The Labute approximate surface area is 258 Å². The van der Waals surface area contributed by atoms with Gasteiger partial charge in [-0.15, -0.1) is 13.2 Å². The average Bonchev–Trinajstić information content (AvgIpc) is 3.55. The third-order valence-corrected chi connectivity index (χ3v) is 9.55. The zero-order valence-electron chi connectivity index (χ0n) is 24.9. The maximum atomic E-state index is 14.7. The van der Waals surface area contributed by atoms with Crippen LogP contribution in [-0.2, 0) is 25.7 Å². The first kappa shape index (κ1) is 31.0. The number of amides is 3. The van der Waals surface area contributed by atoms with E-state index >= 15 is 0 Å². The Hall–Kier alpha value is -3.46. The summed E-state index contributed by atoms with van der Waals surface area (Å²) in [5, 5.41) is 10.1. The van der Waals surface area contributed by atoms with Crippen molar-refractivity contribution in [2.45, 2.75) is 56.9 Å². The number of hydrogen-bond donors (Lipinski definition) is 1. The molecule has 3 aliphatic rings. The molecular formula is C34H40ClN3O5. The highest BCUT2D eigenvalue weighted by Gasteiger charge is 2.78. The largest absolute Gasteiger partial charge is 0.396 e. The molecule has 2 aromatic rings. The van der Waals surface area contributed by atoms with Crippen LogP contribution in [0.5, 0.6) is 0 Å². The fraction of sp³-hybridized carbons (Fsp3) is 0.441. The number of halogens is 1. The van der Waals surface area contributed by atoms with Gasteiger partial charge in [-0.05, 0) is 50.3 Å². The van der Waals surface area contributed by atoms with Gasteiger partial charge in [0.25, 0.3) is 5.91 Å². The maximum absolute atomic E-state index is 14.7. The second-order valence-corrected chi connectivity index (χ2v) is 12.4. The molecule has 0 aromatic heterocycles. The summed E-state index contributed by atoms with van der Waals surface area (Å²) in [4.78, 5) is 48.4. The minimum atomic E-state index is -1.19. The zero-order valence-corrected chi connectivity index (χ0v) is 25.6. The van der Waals surface area contributed by atoms with Crippen molar-refractivity contribution in [3.63, 3.8) is 0 Å². The number of rotatable bonds is 12. The van der Waals surface area contributed by atoms with E-state index in [1.165, 1.54) is 4.90 Å². The first-order valence-electron chi connectivity index (χ1n) is 14.9. The molecule has 0 radical (unpaired) electrons. The molecule has 228 valence electrons. The molecule has 43 heavy (non-hydrogen) atoms. The predicted octanol–water partition coefficient (Wildman–Crippen LogP) is 4.53. The number of hydrogen-bond acceptors (Lipinski definition) is 5. The molecule has 1 N–H and O–H groups in total. The van der Waals surface area contributed by atoms with E-state index in [4.69, 9.17) is 16.3 Å². The van der Waals surface area contributed by atoms with Crippen molar-refractivity contribution in [3.8, 4) is 0 Å². The SMILES string of the molecule is C=CCN(Cc1ccccc1)C(=O)[C@@H]1[C@H]2C(=O)N(CCCO)C(C(=O)N(CC=C)c3c(C)cccc3Cl)C23CC[C@@]1(C)O3. The zero-order chi connectivity index (χ0) is 30.9. The summed E-state index contributed by atoms with van der Waals surface area (Å²) in [5.41, 5.74) is 0.209. The number of nitrogens with zero attached hydrogens (tertiary/aromatic N) is 3. The van der Waals surface area contributed by atoms with Gasteiger partial charge in [0.15, 0.2) is 0 Å². The summed E-state index contributed by atoms with van der Waals surface area (Å²) in [7, 11) is 0. The summed E-state index contributed by atoms with van der Waals surface area (Å²) < 4.78 is 6.82. The topological polar surface area (TPSA) is 90.4 Å². The minimum absolute atomic E-state index is 0.145. The summed E-state index contributed by atoms with van der Waals surface area (Å²) in [6.07, 6.45) is 4.59. The van der Waals surface area contributed by atoms with Gasteiger partial charge < -0.3 is 24.5 Å². The molecule has 5 rings (SSSR count). The minimum Gasteiger partial charge on any atom is -0.396 e. The van der Waals surface area contributed by atoms with Crippen LogP contribution in [-0.4, -0.2) is 76.1 Å². The fourth-order valence-electron chi connectivity index (χ4n) is 7.48. The Balaban J connectivity index is 1.57. The molecule has 0 saturated carbocycles. The Morgan fingerprint density at radius 2 is 1.81 bits per heavy atom. The third-order valence-electron chi connectivity index (χ3n) is 9.25. The number of carbonyl (C=O) groups is 3. The lowest BCUT2D eigenvalue weighted by molar-refractivity contribution is -0.150. The number of benzene rings is 2. The molecule has 3 heterocycles. The normalized spacial score (nSPS) is 27.2. The molecule has 9 heteroatoms. The molecule has 8 nitrogen and oxygen atoms in total. The Morgan fingerprint density at radius 1 is 1.09 bits per heavy atom. The Bertz CT molecular complexity index is 1400. The number of fused-ring (bicyclic) bond motifs is 1. The molecule has 3 fully saturated rings. The number of ether oxygens (including phenoxy) is 1. The van der Waals surface area contributed by atoms with Crippen LogP contribution in [0, 0.1) is 18.8 Å². The van der Waals surface area contributed by atoms with Crippen molar-refractivity contribution in [2.24, 2.45) is 11.8 Å². The smallest absolute Gasteiger partial charge is 0.253 e. The molecule has 0 aliphatic carbocycles. The number of para-hydroxylation sites is 1. The van der Waals surface area contributed by atoms with Gasteiger partial charge in [0.2, 0.25) is 11.8 Å². The fourth-order valence-corrected chi connectivity index (χ4v) is 7.81. The first-order chi connectivity index (χ1) is 20.6. The van der Waals surface area contributed by atoms with E-state index in [2.05, 4.69) is 13.2 Å². The maximum Gasteiger partial charge on any atom is 0.253 e. The average molecular weight is 606 g/mol. The molecule has 3 amide bonds. The predicted molar refractivity (Wildman–Crippen MR) is 166 cm³/mol. The van der Waals surface area contributed by atoms with Crippen molar-refractivity contribution in [3.05, 3.63) is 90.0 Å². The van der Waals surface area contributed by atoms with E-state index in [1.807, 2.05) is 56.3 Å². The van der Waals surface area contributed by atoms with Gasteiger partial charge in [-0.2, -0.15) is 0 Å². The molecule has 2 bridgehead atoms. The number of likely N-dealkylation sites (tertiary alicyclic amines) is 1. The van der Waals surface area contributed by atoms with E-state index in [1.54, 1.807) is 28.0 Å². The number of aliphatic hydroxyl groups is 1. The third kappa shape index (κ3) is 5.19. The number of aliphatic hydroxyl groups excluding tert-OH is 1. The van der Waals surface area contributed by atoms with Crippen molar-refractivity contribution >= 4 is 35.0 Å². The Kier molecular flexibility index (Phi) is 8.84. The van der Waals surface area contributed by atoms with Crippen LogP contribution in [0.1, 0.15) is 37.3 Å². The van der Waals surface area contributed by atoms with Gasteiger partial charge in [0, 0.05) is 32.8 Å². The lowest BCUT2D eigenvalue weighted by Crippen LogP contribution is -2.57. The quantitative estimate of drug-likeness (QED) is 0.359. The molecule has 3 aliphatic heterocycles. The first-order valence-corrected chi connectivity index (χ1v) is 15.2. The lowest BCUT2D eigenvalue weighted by atomic mass is 9.66. The van der Waals surface area contributed by atoms with Crippen molar-refractivity contribution in [2.75, 3.05) is 31.1 Å². The summed E-state index contributed by atoms with van der Waals surface area (Å²) in [5.74, 6) is -2.43. The molecule has 2 unspecified atom stereocenters. The molecule has 5 atom stereocenters. The monoisotopic (exact) mass is 605 g/mol. The van der Waals surface area contributed by atoms with Crippen LogP contribution in [0.25, 0.3) is 0 Å². The van der Waals surface area contributed by atoms with Gasteiger partial charge in [0.05, 0.1) is 28.1 Å². The van der Waals surface area contributed by atoms with E-state index < -0.39 is 29.1 Å². The summed E-state index contributed by atoms with van der Waals surface area (Å²) in [6.45, 7) is 12.4. The van der Waals surface area contributed by atoms with Crippen molar-refractivity contribution in [1.29, 1.82) is 0 Å². The number of anilines is 1. The number of aryl methyl sites for hydroxylation is 1. The second-order valence-electron chi connectivity index (χ2n) is 12.0. The highest BCUT2D eigenvalue weighted by molar-refractivity contribution is 6.34. The van der Waals surface area contributed by atoms with E-state index in [-0.39, 0.29) is 43.8 Å². The van der Waals surface area contributed by atoms with Crippen LogP contribution in [0.2, 0.25) is 5.02 Å². The molecule has 3 saturated heterocycles. The molecule has 1 spiro atoms.